The Balaban J connectivity index is 2.00. The first-order valence-corrected chi connectivity index (χ1v) is 6.66. The van der Waals surface area contributed by atoms with Crippen LogP contribution in [-0.2, 0) is 16.0 Å². The number of H-pyrrole nitrogens is 2. The van der Waals surface area contributed by atoms with Crippen molar-refractivity contribution in [2.45, 2.75) is 19.8 Å². The molecule has 0 atom stereocenters. The summed E-state index contributed by atoms with van der Waals surface area (Å²) in [6.07, 6.45) is 0.748. The number of aromatic nitrogens is 2. The Labute approximate surface area is 115 Å². The van der Waals surface area contributed by atoms with Gasteiger partial charge in [-0.15, -0.1) is 0 Å². The minimum Gasteiger partial charge on any atom is -0.378 e. The molecule has 0 radical (unpaired) electrons. The van der Waals surface area contributed by atoms with Gasteiger partial charge in [-0.2, -0.15) is 0 Å². The van der Waals surface area contributed by atoms with E-state index in [1.54, 1.807) is 11.8 Å². The van der Waals surface area contributed by atoms with Gasteiger partial charge in [-0.1, -0.05) is 0 Å². The third kappa shape index (κ3) is 3.51. The first kappa shape index (κ1) is 14.0. The van der Waals surface area contributed by atoms with Crippen LogP contribution in [0.2, 0.25) is 0 Å². The van der Waals surface area contributed by atoms with Gasteiger partial charge >= 0.3 is 0 Å². The topological polar surface area (TPSA) is 78.2 Å². The Morgan fingerprint density at radius 2 is 2.05 bits per heavy atom. The van der Waals surface area contributed by atoms with Gasteiger partial charge in [-0.25, -0.2) is 0 Å². The van der Waals surface area contributed by atoms with Crippen LogP contribution in [0.25, 0.3) is 0 Å². The fraction of sp³-hybridized carbons (Fsp3) is 0.583. The van der Waals surface area contributed by atoms with Crippen LogP contribution in [0.4, 0.5) is 0 Å². The van der Waals surface area contributed by atoms with Gasteiger partial charge in [0, 0.05) is 30.8 Å². The molecule has 0 aliphatic carbocycles. The molecule has 1 aliphatic heterocycles. The van der Waals surface area contributed by atoms with Crippen LogP contribution in [-0.4, -0.2) is 47.1 Å². The van der Waals surface area contributed by atoms with Gasteiger partial charge in [-0.05, 0) is 25.6 Å². The van der Waals surface area contributed by atoms with Crippen molar-refractivity contribution in [1.82, 2.24) is 14.9 Å². The molecular weight excluding hydrogens is 266 g/mol. The lowest BCUT2D eigenvalue weighted by Gasteiger charge is -2.26. The summed E-state index contributed by atoms with van der Waals surface area (Å²) in [5.74, 6) is 0.0598. The maximum atomic E-state index is 12.0. The Morgan fingerprint density at radius 1 is 1.37 bits per heavy atom. The molecule has 0 aromatic carbocycles. The van der Waals surface area contributed by atoms with Crippen molar-refractivity contribution in [3.63, 3.8) is 0 Å². The van der Waals surface area contributed by atoms with Crippen LogP contribution in [0, 0.1) is 11.7 Å². The molecule has 1 aromatic heterocycles. The molecule has 1 aromatic rings. The quantitative estimate of drug-likeness (QED) is 0.793. The molecule has 1 fully saturated rings. The molecule has 0 bridgehead atoms. The number of aryl methyl sites for hydroxylation is 1. The molecule has 104 valence electrons. The number of amides is 1. The van der Waals surface area contributed by atoms with Crippen LogP contribution in [0.15, 0.2) is 4.79 Å². The van der Waals surface area contributed by atoms with E-state index in [2.05, 4.69) is 9.97 Å². The number of hydrogen-bond donors (Lipinski definition) is 2. The molecule has 0 saturated carbocycles. The first-order valence-electron chi connectivity index (χ1n) is 6.25. The monoisotopic (exact) mass is 283 g/mol. The van der Waals surface area contributed by atoms with E-state index in [1.807, 2.05) is 0 Å². The van der Waals surface area contributed by atoms with Crippen molar-refractivity contribution in [1.29, 1.82) is 0 Å². The maximum Gasteiger partial charge on any atom is 0.255 e. The van der Waals surface area contributed by atoms with Crippen LogP contribution in [0.3, 0.4) is 0 Å². The molecular formula is C12H17N3O3S. The lowest BCUT2D eigenvalue weighted by molar-refractivity contribution is -0.135. The van der Waals surface area contributed by atoms with Gasteiger partial charge in [-0.3, -0.25) is 14.6 Å². The van der Waals surface area contributed by atoms with Crippen LogP contribution >= 0.6 is 12.2 Å². The molecule has 7 heteroatoms. The zero-order valence-electron chi connectivity index (χ0n) is 10.8. The molecule has 2 rings (SSSR count). The molecule has 1 saturated heterocycles. The summed E-state index contributed by atoms with van der Waals surface area (Å²) in [6, 6.07) is 0. The Hall–Kier alpha value is -1.47. The highest BCUT2D eigenvalue weighted by Crippen LogP contribution is 2.06. The first-order chi connectivity index (χ1) is 9.08. The minimum atomic E-state index is -0.212. The van der Waals surface area contributed by atoms with Crippen LogP contribution < -0.4 is 5.56 Å². The second-order valence-electron chi connectivity index (χ2n) is 4.50. The van der Waals surface area contributed by atoms with Crippen molar-refractivity contribution in [3.05, 3.63) is 26.4 Å². The van der Waals surface area contributed by atoms with E-state index in [-0.39, 0.29) is 11.5 Å². The number of rotatable bonds is 3. The summed E-state index contributed by atoms with van der Waals surface area (Å²) in [6.45, 7) is 4.23. The summed E-state index contributed by atoms with van der Waals surface area (Å²) in [4.78, 5) is 31.0. The van der Waals surface area contributed by atoms with Gasteiger partial charge in [0.1, 0.15) is 0 Å². The highest BCUT2D eigenvalue weighted by molar-refractivity contribution is 7.71. The van der Waals surface area contributed by atoms with Crippen molar-refractivity contribution >= 4 is 18.1 Å². The predicted molar refractivity (Wildman–Crippen MR) is 72.7 cm³/mol. The third-order valence-electron chi connectivity index (χ3n) is 3.21. The number of carbonyl (C=O) groups is 1. The molecule has 2 heterocycles. The summed E-state index contributed by atoms with van der Waals surface area (Å²) >= 11 is 4.88. The maximum absolute atomic E-state index is 12.0. The van der Waals surface area contributed by atoms with E-state index in [4.69, 9.17) is 17.0 Å². The smallest absolute Gasteiger partial charge is 0.255 e. The molecule has 19 heavy (non-hydrogen) atoms. The fourth-order valence-electron chi connectivity index (χ4n) is 2.13. The largest absolute Gasteiger partial charge is 0.378 e. The zero-order valence-corrected chi connectivity index (χ0v) is 11.6. The van der Waals surface area contributed by atoms with Crippen molar-refractivity contribution in [2.75, 3.05) is 26.3 Å². The van der Waals surface area contributed by atoms with E-state index < -0.39 is 0 Å². The minimum absolute atomic E-state index is 0.0598. The van der Waals surface area contributed by atoms with Gasteiger partial charge in [0.25, 0.3) is 5.56 Å². The Kier molecular flexibility index (Phi) is 4.49. The van der Waals surface area contributed by atoms with E-state index >= 15 is 0 Å². The second-order valence-corrected chi connectivity index (χ2v) is 4.91. The molecule has 2 N–H and O–H groups in total. The summed E-state index contributed by atoms with van der Waals surface area (Å²) in [5.41, 5.74) is 1.11. The molecule has 0 spiro atoms. The van der Waals surface area contributed by atoms with E-state index in [0.717, 1.165) is 5.69 Å². The number of hydrogen-bond acceptors (Lipinski definition) is 4. The lowest BCUT2D eigenvalue weighted by atomic mass is 10.1. The van der Waals surface area contributed by atoms with Gasteiger partial charge in [0.05, 0.1) is 13.2 Å². The summed E-state index contributed by atoms with van der Waals surface area (Å²) in [5, 5.41) is 0. The number of nitrogens with zero attached hydrogens (tertiary/aromatic N) is 1. The number of carbonyl (C=O) groups excluding carboxylic acids is 1. The van der Waals surface area contributed by atoms with Crippen molar-refractivity contribution in [3.8, 4) is 0 Å². The van der Waals surface area contributed by atoms with Crippen molar-refractivity contribution < 1.29 is 9.53 Å². The summed E-state index contributed by atoms with van der Waals surface area (Å²) < 4.78 is 5.51. The average molecular weight is 283 g/mol. The van der Waals surface area contributed by atoms with Crippen LogP contribution in [0.5, 0.6) is 0 Å². The molecule has 6 nitrogen and oxygen atoms in total. The lowest BCUT2D eigenvalue weighted by Crippen LogP contribution is -2.40. The normalized spacial score (nSPS) is 15.5. The zero-order chi connectivity index (χ0) is 13.8. The number of nitrogens with one attached hydrogen (secondary N) is 2. The Bertz CT molecular complexity index is 572. The second kappa shape index (κ2) is 6.12. The van der Waals surface area contributed by atoms with E-state index in [0.29, 0.717) is 49.5 Å². The number of morpholine rings is 1. The highest BCUT2D eigenvalue weighted by atomic mass is 32.1. The van der Waals surface area contributed by atoms with E-state index in [1.165, 1.54) is 0 Å². The van der Waals surface area contributed by atoms with Gasteiger partial charge in [0.15, 0.2) is 4.77 Å². The highest BCUT2D eigenvalue weighted by Gasteiger charge is 2.17. The molecule has 1 amide bonds. The SMILES string of the molecule is Cc1[nH]c(=S)[nH]c(=O)c1CCC(=O)N1CCOCC1. The summed E-state index contributed by atoms with van der Waals surface area (Å²) in [7, 11) is 0. The van der Waals surface area contributed by atoms with E-state index in [9.17, 15) is 9.59 Å². The average Bonchev–Trinajstić information content (AvgIpc) is 2.38. The molecule has 0 unspecified atom stereocenters. The number of aromatic amines is 2. The van der Waals surface area contributed by atoms with Crippen LogP contribution in [0.1, 0.15) is 17.7 Å². The van der Waals surface area contributed by atoms with Gasteiger partial charge in [0.2, 0.25) is 5.91 Å². The Morgan fingerprint density at radius 3 is 2.68 bits per heavy atom. The van der Waals surface area contributed by atoms with Crippen molar-refractivity contribution in [2.24, 2.45) is 0 Å². The standard InChI is InChI=1S/C12H17N3O3S/c1-8-9(11(17)14-12(19)13-8)2-3-10(16)15-4-6-18-7-5-15/h2-7H2,1H3,(H2,13,14,17,19). The predicted octanol–water partition coefficient (Wildman–Crippen LogP) is 0.532. The van der Waals surface area contributed by atoms with Gasteiger partial charge < -0.3 is 14.6 Å². The molecule has 1 aliphatic rings. The third-order valence-corrected chi connectivity index (χ3v) is 3.41. The fourth-order valence-corrected chi connectivity index (χ4v) is 2.38. The number of ether oxygens (including phenoxy) is 1.